The molecule has 0 aromatic heterocycles. The summed E-state index contributed by atoms with van der Waals surface area (Å²) in [5.74, 6) is -5.57. The summed E-state index contributed by atoms with van der Waals surface area (Å²) >= 11 is 0. The van der Waals surface area contributed by atoms with E-state index in [2.05, 4.69) is 4.74 Å². The zero-order chi connectivity index (χ0) is 24.8. The third-order valence-electron chi connectivity index (χ3n) is 5.16. The lowest BCUT2D eigenvalue weighted by Gasteiger charge is -2.11. The second kappa shape index (κ2) is 11.2. The van der Waals surface area contributed by atoms with Gasteiger partial charge in [-0.3, -0.25) is 0 Å². The second-order valence-electron chi connectivity index (χ2n) is 7.65. The summed E-state index contributed by atoms with van der Waals surface area (Å²) in [6.45, 7) is 1.95. The van der Waals surface area contributed by atoms with Crippen LogP contribution in [-0.2, 0) is 19.3 Å². The van der Waals surface area contributed by atoms with Crippen molar-refractivity contribution in [1.82, 2.24) is 0 Å². The van der Waals surface area contributed by atoms with Gasteiger partial charge in [0.2, 0.25) is 0 Å². The van der Waals surface area contributed by atoms with Crippen LogP contribution in [0, 0.1) is 29.1 Å². The lowest BCUT2D eigenvalue weighted by Crippen LogP contribution is -2.02. The van der Waals surface area contributed by atoms with E-state index < -0.39 is 41.3 Å². The molecule has 3 aromatic rings. The summed E-state index contributed by atoms with van der Waals surface area (Å²) < 4.78 is 101. The van der Waals surface area contributed by atoms with E-state index in [0.29, 0.717) is 18.8 Å². The Hall–Kier alpha value is -3.29. The van der Waals surface area contributed by atoms with E-state index in [1.165, 1.54) is 12.1 Å². The third-order valence-corrected chi connectivity index (χ3v) is 5.16. The number of rotatable bonds is 9. The molecule has 3 aromatic carbocycles. The van der Waals surface area contributed by atoms with E-state index >= 15 is 0 Å². The highest BCUT2D eigenvalue weighted by atomic mass is 19.3. The fraction of sp³-hybridized carbons (Fsp3) is 0.231. The summed E-state index contributed by atoms with van der Waals surface area (Å²) in [4.78, 5) is 0. The average Bonchev–Trinajstić information content (AvgIpc) is 2.75. The number of allylic oxidation sites excluding steroid dienone is 1. The van der Waals surface area contributed by atoms with Gasteiger partial charge in [-0.2, -0.15) is 0 Å². The first-order valence-corrected chi connectivity index (χ1v) is 10.6. The van der Waals surface area contributed by atoms with Crippen LogP contribution in [0.25, 0.3) is 11.1 Å². The maximum atomic E-state index is 14.7. The Kier molecular flexibility index (Phi) is 8.36. The predicted octanol–water partition coefficient (Wildman–Crippen LogP) is 7.94. The van der Waals surface area contributed by atoms with Crippen LogP contribution in [0.1, 0.15) is 30.0 Å². The Bertz CT molecular complexity index is 1140. The highest BCUT2D eigenvalue weighted by molar-refractivity contribution is 5.65. The van der Waals surface area contributed by atoms with Gasteiger partial charge in [0.05, 0.1) is 6.26 Å². The lowest BCUT2D eigenvalue weighted by atomic mass is 9.97. The summed E-state index contributed by atoms with van der Waals surface area (Å²) in [6.07, 6.45) is -0.894. The van der Waals surface area contributed by atoms with Gasteiger partial charge in [0, 0.05) is 17.2 Å². The van der Waals surface area contributed by atoms with Crippen molar-refractivity contribution in [1.29, 1.82) is 0 Å². The van der Waals surface area contributed by atoms with Crippen molar-refractivity contribution < 1.29 is 35.5 Å². The van der Waals surface area contributed by atoms with Crippen LogP contribution in [0.3, 0.4) is 0 Å². The standard InChI is InChI=1S/C26H21F7O/c1-2-3-15-4-6-18(20(27)10-15)17-13-21(28)19(22(29)14-17)7-5-16-11-23(30)26(24(31)12-16)34-9-8-25(32)33/h4,6,8-14,25H,2-3,5,7H2,1H3/b9-8+. The monoisotopic (exact) mass is 482 g/mol. The highest BCUT2D eigenvalue weighted by Crippen LogP contribution is 2.29. The van der Waals surface area contributed by atoms with Crippen molar-refractivity contribution in [2.45, 2.75) is 39.0 Å². The quantitative estimate of drug-likeness (QED) is 0.222. The van der Waals surface area contributed by atoms with Crippen molar-refractivity contribution in [2.75, 3.05) is 0 Å². The Balaban J connectivity index is 1.77. The fourth-order valence-corrected chi connectivity index (χ4v) is 3.54. The number of aryl methyl sites for hydroxylation is 2. The molecule has 0 radical (unpaired) electrons. The summed E-state index contributed by atoms with van der Waals surface area (Å²) in [5, 5.41) is 0. The molecule has 0 saturated heterocycles. The minimum absolute atomic E-state index is 0.0368. The Morgan fingerprint density at radius 2 is 1.35 bits per heavy atom. The predicted molar refractivity (Wildman–Crippen MR) is 115 cm³/mol. The van der Waals surface area contributed by atoms with Gasteiger partial charge in [-0.1, -0.05) is 25.5 Å². The molecule has 0 unspecified atom stereocenters. The molecular weight excluding hydrogens is 461 g/mol. The molecule has 0 amide bonds. The van der Waals surface area contributed by atoms with Crippen LogP contribution in [-0.4, -0.2) is 6.43 Å². The van der Waals surface area contributed by atoms with Gasteiger partial charge in [-0.25, -0.2) is 30.7 Å². The first kappa shape index (κ1) is 25.3. The molecule has 8 heteroatoms. The van der Waals surface area contributed by atoms with Crippen LogP contribution in [0.4, 0.5) is 30.7 Å². The molecule has 0 N–H and O–H groups in total. The van der Waals surface area contributed by atoms with Gasteiger partial charge >= 0.3 is 0 Å². The van der Waals surface area contributed by atoms with E-state index in [1.807, 2.05) is 6.92 Å². The molecule has 34 heavy (non-hydrogen) atoms. The molecule has 0 bridgehead atoms. The molecule has 0 aliphatic heterocycles. The van der Waals surface area contributed by atoms with Crippen LogP contribution in [0.15, 0.2) is 54.8 Å². The molecule has 3 rings (SSSR count). The largest absolute Gasteiger partial charge is 0.459 e. The van der Waals surface area contributed by atoms with E-state index in [-0.39, 0.29) is 35.1 Å². The molecule has 0 heterocycles. The number of halogens is 7. The second-order valence-corrected chi connectivity index (χ2v) is 7.65. The molecular formula is C26H21F7O. The van der Waals surface area contributed by atoms with Gasteiger partial charge in [0.25, 0.3) is 6.43 Å². The van der Waals surface area contributed by atoms with Gasteiger partial charge in [0.15, 0.2) is 17.4 Å². The first-order valence-electron chi connectivity index (χ1n) is 10.6. The Labute approximate surface area is 192 Å². The molecule has 0 fully saturated rings. The third kappa shape index (κ3) is 6.18. The average molecular weight is 482 g/mol. The topological polar surface area (TPSA) is 9.23 Å². The molecule has 180 valence electrons. The number of ether oxygens (including phenoxy) is 1. The fourth-order valence-electron chi connectivity index (χ4n) is 3.54. The van der Waals surface area contributed by atoms with Crippen LogP contribution in [0.5, 0.6) is 5.75 Å². The van der Waals surface area contributed by atoms with Gasteiger partial charge in [-0.05, 0) is 66.3 Å². The van der Waals surface area contributed by atoms with Gasteiger partial charge < -0.3 is 4.74 Å². The Morgan fingerprint density at radius 1 is 0.735 bits per heavy atom. The van der Waals surface area contributed by atoms with Gasteiger partial charge in [0.1, 0.15) is 17.5 Å². The molecule has 0 aliphatic carbocycles. The summed E-state index contributed by atoms with van der Waals surface area (Å²) in [6, 6.07) is 8.33. The summed E-state index contributed by atoms with van der Waals surface area (Å²) in [7, 11) is 0. The number of benzene rings is 3. The number of alkyl halides is 2. The first-order chi connectivity index (χ1) is 16.2. The minimum atomic E-state index is -2.85. The van der Waals surface area contributed by atoms with Crippen molar-refractivity contribution in [2.24, 2.45) is 0 Å². The molecule has 0 aliphatic rings. The van der Waals surface area contributed by atoms with Crippen LogP contribution < -0.4 is 4.74 Å². The SMILES string of the molecule is CCCc1ccc(-c2cc(F)c(CCc3cc(F)c(O/C=C/C(F)F)c(F)c3)c(F)c2)c(F)c1. The van der Waals surface area contributed by atoms with E-state index in [0.717, 1.165) is 36.2 Å². The highest BCUT2D eigenvalue weighted by Gasteiger charge is 2.17. The molecule has 0 saturated carbocycles. The van der Waals surface area contributed by atoms with Gasteiger partial charge in [-0.15, -0.1) is 0 Å². The van der Waals surface area contributed by atoms with Crippen molar-refractivity contribution in [3.8, 4) is 16.9 Å². The van der Waals surface area contributed by atoms with Crippen LogP contribution >= 0.6 is 0 Å². The van der Waals surface area contributed by atoms with Crippen molar-refractivity contribution in [3.05, 3.63) is 101 Å². The Morgan fingerprint density at radius 3 is 1.91 bits per heavy atom. The number of hydrogen-bond donors (Lipinski definition) is 0. The number of hydrogen-bond acceptors (Lipinski definition) is 1. The van der Waals surface area contributed by atoms with E-state index in [9.17, 15) is 30.7 Å². The van der Waals surface area contributed by atoms with E-state index in [4.69, 9.17) is 0 Å². The lowest BCUT2D eigenvalue weighted by molar-refractivity contribution is 0.200. The normalized spacial score (nSPS) is 11.6. The van der Waals surface area contributed by atoms with Crippen LogP contribution in [0.2, 0.25) is 0 Å². The zero-order valence-corrected chi connectivity index (χ0v) is 18.2. The molecule has 0 atom stereocenters. The smallest absolute Gasteiger partial charge is 0.260 e. The maximum Gasteiger partial charge on any atom is 0.260 e. The van der Waals surface area contributed by atoms with E-state index in [1.54, 1.807) is 6.07 Å². The maximum absolute atomic E-state index is 14.7. The summed E-state index contributed by atoms with van der Waals surface area (Å²) in [5.41, 5.74) is 0.648. The molecule has 0 spiro atoms. The zero-order valence-electron chi connectivity index (χ0n) is 18.2. The van der Waals surface area contributed by atoms with Crippen molar-refractivity contribution >= 4 is 0 Å². The van der Waals surface area contributed by atoms with Crippen molar-refractivity contribution in [3.63, 3.8) is 0 Å². The minimum Gasteiger partial charge on any atom is -0.459 e. The molecule has 1 nitrogen and oxygen atoms in total.